The second kappa shape index (κ2) is 15.9. The van der Waals surface area contributed by atoms with E-state index in [1.807, 2.05) is 80.6 Å². The maximum Gasteiger partial charge on any atom is 0.243 e. The highest BCUT2D eigenvalue weighted by Gasteiger charge is 2.30. The van der Waals surface area contributed by atoms with Gasteiger partial charge in [0.1, 0.15) is 6.04 Å². The highest BCUT2D eigenvalue weighted by Crippen LogP contribution is 2.26. The summed E-state index contributed by atoms with van der Waals surface area (Å²) < 4.78 is 27.8. The molecule has 1 N–H and O–H groups in total. The van der Waals surface area contributed by atoms with Crippen LogP contribution in [0.25, 0.3) is 0 Å². The lowest BCUT2D eigenvalue weighted by molar-refractivity contribution is -0.141. The SMILES string of the molecule is CCCCNC(=O)C(Cc1ccccc1)N(Cc1cccc(Br)c1)C(=O)CCCN(c1cccc(C)c1C)S(C)(=O)=O. The third kappa shape index (κ3) is 9.70. The quantitative estimate of drug-likeness (QED) is 0.199. The van der Waals surface area contributed by atoms with E-state index in [1.165, 1.54) is 10.6 Å². The average molecular weight is 657 g/mol. The van der Waals surface area contributed by atoms with Crippen molar-refractivity contribution in [2.75, 3.05) is 23.7 Å². The summed E-state index contributed by atoms with van der Waals surface area (Å²) in [6, 6.07) is 22.3. The molecule has 3 aromatic carbocycles. The Kier molecular flexibility index (Phi) is 12.6. The second-order valence-corrected chi connectivity index (χ2v) is 13.5. The Morgan fingerprint density at radius 1 is 0.929 bits per heavy atom. The molecule has 2 amide bonds. The maximum atomic E-state index is 14.0. The van der Waals surface area contributed by atoms with Gasteiger partial charge in [-0.25, -0.2) is 8.42 Å². The van der Waals surface area contributed by atoms with Gasteiger partial charge in [0.25, 0.3) is 0 Å². The number of nitrogens with zero attached hydrogens (tertiary/aromatic N) is 2. The summed E-state index contributed by atoms with van der Waals surface area (Å²) in [5, 5.41) is 3.03. The van der Waals surface area contributed by atoms with Crippen LogP contribution in [0, 0.1) is 13.8 Å². The lowest BCUT2D eigenvalue weighted by atomic mass is 10.0. The Labute approximate surface area is 259 Å². The van der Waals surface area contributed by atoms with E-state index in [2.05, 4.69) is 28.2 Å². The number of amides is 2. The molecule has 9 heteroatoms. The van der Waals surface area contributed by atoms with Crippen molar-refractivity contribution < 1.29 is 18.0 Å². The molecule has 3 aromatic rings. The van der Waals surface area contributed by atoms with E-state index >= 15 is 0 Å². The van der Waals surface area contributed by atoms with Crippen molar-refractivity contribution in [3.63, 3.8) is 0 Å². The fourth-order valence-corrected chi connectivity index (χ4v) is 6.34. The number of hydrogen-bond acceptors (Lipinski definition) is 4. The van der Waals surface area contributed by atoms with E-state index in [-0.39, 0.29) is 31.3 Å². The molecule has 0 aliphatic rings. The predicted molar refractivity (Wildman–Crippen MR) is 174 cm³/mol. The summed E-state index contributed by atoms with van der Waals surface area (Å²) in [5.74, 6) is -0.389. The van der Waals surface area contributed by atoms with Crippen molar-refractivity contribution in [2.45, 2.75) is 65.5 Å². The number of anilines is 1. The van der Waals surface area contributed by atoms with E-state index in [1.54, 1.807) is 11.0 Å². The molecule has 42 heavy (non-hydrogen) atoms. The van der Waals surface area contributed by atoms with Crippen LogP contribution in [0.4, 0.5) is 5.69 Å². The van der Waals surface area contributed by atoms with Gasteiger partial charge in [-0.3, -0.25) is 13.9 Å². The Hall–Kier alpha value is -3.17. The van der Waals surface area contributed by atoms with Crippen LogP contribution in [0.1, 0.15) is 54.9 Å². The van der Waals surface area contributed by atoms with Crippen LogP contribution in [0.2, 0.25) is 0 Å². The zero-order valence-electron chi connectivity index (χ0n) is 25.0. The minimum atomic E-state index is -3.57. The zero-order chi connectivity index (χ0) is 30.7. The standard InChI is InChI=1S/C33H42BrN3O4S/c1-5-6-20-35-33(39)31(23-27-14-8-7-9-15-27)36(24-28-16-11-17-29(34)22-28)32(38)19-12-21-37(42(4,40)41)30-18-10-13-25(2)26(30)3/h7-11,13-18,22,31H,5-6,12,19-21,23-24H2,1-4H3,(H,35,39). The number of carbonyl (C=O) groups is 2. The van der Waals surface area contributed by atoms with E-state index in [4.69, 9.17) is 0 Å². The van der Waals surface area contributed by atoms with Gasteiger partial charge in [-0.1, -0.05) is 83.9 Å². The van der Waals surface area contributed by atoms with E-state index in [9.17, 15) is 18.0 Å². The molecule has 0 saturated carbocycles. The van der Waals surface area contributed by atoms with E-state index in [0.29, 0.717) is 25.1 Å². The van der Waals surface area contributed by atoms with Crippen LogP contribution in [-0.4, -0.2) is 50.5 Å². The average Bonchev–Trinajstić information content (AvgIpc) is 2.94. The topological polar surface area (TPSA) is 86.8 Å². The van der Waals surface area contributed by atoms with Gasteiger partial charge in [-0.05, 0) is 67.1 Å². The summed E-state index contributed by atoms with van der Waals surface area (Å²) in [6.45, 7) is 6.86. The number of sulfonamides is 1. The number of unbranched alkanes of at least 4 members (excludes halogenated alkanes) is 1. The van der Waals surface area contributed by atoms with Gasteiger partial charge in [-0.2, -0.15) is 0 Å². The van der Waals surface area contributed by atoms with Crippen LogP contribution in [-0.2, 0) is 32.6 Å². The first-order valence-corrected chi connectivity index (χ1v) is 17.0. The van der Waals surface area contributed by atoms with E-state index in [0.717, 1.165) is 39.6 Å². The molecule has 0 aliphatic heterocycles. The summed E-state index contributed by atoms with van der Waals surface area (Å²) in [5.41, 5.74) is 4.35. The van der Waals surface area contributed by atoms with Crippen molar-refractivity contribution in [3.05, 3.63) is 99.5 Å². The molecule has 226 valence electrons. The molecule has 1 atom stereocenters. The smallest absolute Gasteiger partial charge is 0.243 e. The molecule has 0 saturated heterocycles. The van der Waals surface area contributed by atoms with Gasteiger partial charge < -0.3 is 10.2 Å². The van der Waals surface area contributed by atoms with Crippen LogP contribution in [0.5, 0.6) is 0 Å². The highest BCUT2D eigenvalue weighted by atomic mass is 79.9. The first-order valence-electron chi connectivity index (χ1n) is 14.4. The number of rotatable bonds is 15. The van der Waals surface area contributed by atoms with Crippen molar-refractivity contribution in [2.24, 2.45) is 0 Å². The minimum absolute atomic E-state index is 0.0957. The van der Waals surface area contributed by atoms with Crippen molar-refractivity contribution in [3.8, 4) is 0 Å². The lowest BCUT2D eigenvalue weighted by Gasteiger charge is -2.32. The molecule has 0 aliphatic carbocycles. The minimum Gasteiger partial charge on any atom is -0.354 e. The van der Waals surface area contributed by atoms with Crippen LogP contribution in [0.3, 0.4) is 0 Å². The van der Waals surface area contributed by atoms with Gasteiger partial charge in [0.15, 0.2) is 0 Å². The molecule has 0 spiro atoms. The van der Waals surface area contributed by atoms with Gasteiger partial charge in [-0.15, -0.1) is 0 Å². The molecular weight excluding hydrogens is 614 g/mol. The van der Waals surface area contributed by atoms with Gasteiger partial charge >= 0.3 is 0 Å². The molecule has 3 rings (SSSR count). The molecular formula is C33H42BrN3O4S. The van der Waals surface area contributed by atoms with Crippen molar-refractivity contribution in [1.29, 1.82) is 0 Å². The predicted octanol–water partition coefficient (Wildman–Crippen LogP) is 6.17. The fourth-order valence-electron chi connectivity index (χ4n) is 4.88. The van der Waals surface area contributed by atoms with Gasteiger partial charge in [0.2, 0.25) is 21.8 Å². The Balaban J connectivity index is 1.89. The molecule has 0 fully saturated rings. The largest absolute Gasteiger partial charge is 0.354 e. The zero-order valence-corrected chi connectivity index (χ0v) is 27.4. The number of nitrogens with one attached hydrogen (secondary N) is 1. The summed E-state index contributed by atoms with van der Waals surface area (Å²) in [7, 11) is -3.57. The van der Waals surface area contributed by atoms with Crippen LogP contribution >= 0.6 is 15.9 Å². The molecule has 0 heterocycles. The third-order valence-electron chi connectivity index (χ3n) is 7.34. The molecule has 1 unspecified atom stereocenters. The number of carbonyl (C=O) groups excluding carboxylic acids is 2. The van der Waals surface area contributed by atoms with E-state index < -0.39 is 16.1 Å². The Morgan fingerprint density at radius 3 is 2.29 bits per heavy atom. The fraction of sp³-hybridized carbons (Fsp3) is 0.394. The van der Waals surface area contributed by atoms with Gasteiger partial charge in [0.05, 0.1) is 11.9 Å². The first-order chi connectivity index (χ1) is 20.0. The van der Waals surface area contributed by atoms with Crippen molar-refractivity contribution >= 4 is 43.5 Å². The normalized spacial score (nSPS) is 12.0. The second-order valence-electron chi connectivity index (χ2n) is 10.7. The van der Waals surface area contributed by atoms with Crippen molar-refractivity contribution in [1.82, 2.24) is 10.2 Å². The van der Waals surface area contributed by atoms with Crippen LogP contribution < -0.4 is 9.62 Å². The lowest BCUT2D eigenvalue weighted by Crippen LogP contribution is -2.50. The third-order valence-corrected chi connectivity index (χ3v) is 9.01. The number of benzene rings is 3. The van der Waals surface area contributed by atoms with Crippen LogP contribution in [0.15, 0.2) is 77.3 Å². The number of hydrogen-bond donors (Lipinski definition) is 1. The molecule has 0 radical (unpaired) electrons. The van der Waals surface area contributed by atoms with Gasteiger partial charge in [0, 0.05) is 36.9 Å². The summed E-state index contributed by atoms with van der Waals surface area (Å²) in [6.07, 6.45) is 3.76. The summed E-state index contributed by atoms with van der Waals surface area (Å²) >= 11 is 3.52. The Morgan fingerprint density at radius 2 is 1.62 bits per heavy atom. The molecule has 0 aromatic heterocycles. The Bertz CT molecular complexity index is 1450. The molecule has 7 nitrogen and oxygen atoms in total. The summed E-state index contributed by atoms with van der Waals surface area (Å²) in [4.78, 5) is 29.2. The highest BCUT2D eigenvalue weighted by molar-refractivity contribution is 9.10. The monoisotopic (exact) mass is 655 g/mol. The number of aryl methyl sites for hydroxylation is 1. The maximum absolute atomic E-state index is 14.0. The number of halogens is 1. The molecule has 0 bridgehead atoms. The first kappa shape index (κ1) is 33.3.